The second-order valence-corrected chi connectivity index (χ2v) is 6.06. The highest BCUT2D eigenvalue weighted by Gasteiger charge is 2.21. The molecule has 5 heteroatoms. The van der Waals surface area contributed by atoms with Crippen molar-refractivity contribution in [1.29, 1.82) is 0 Å². The zero-order valence-electron chi connectivity index (χ0n) is 10.8. The standard InChI is InChI=1S/C14H13BrF2N2/c1-14(2,3)13-18-10(7-11(15)19-13)12-8(16)5-4-6-9(12)17/h4-7H,1-3H3. The molecular weight excluding hydrogens is 314 g/mol. The Kier molecular flexibility index (Phi) is 3.67. The lowest BCUT2D eigenvalue weighted by Gasteiger charge is -2.17. The summed E-state index contributed by atoms with van der Waals surface area (Å²) in [5.74, 6) is -0.740. The van der Waals surface area contributed by atoms with Crippen LogP contribution in [0.25, 0.3) is 11.3 Å². The minimum Gasteiger partial charge on any atom is -0.232 e. The summed E-state index contributed by atoms with van der Waals surface area (Å²) >= 11 is 3.26. The number of hydrogen-bond donors (Lipinski definition) is 0. The van der Waals surface area contributed by atoms with E-state index in [1.807, 2.05) is 20.8 Å². The van der Waals surface area contributed by atoms with E-state index in [9.17, 15) is 8.78 Å². The Bertz CT molecular complexity index is 601. The number of rotatable bonds is 1. The third kappa shape index (κ3) is 2.97. The highest BCUT2D eigenvalue weighted by molar-refractivity contribution is 9.10. The van der Waals surface area contributed by atoms with E-state index in [2.05, 4.69) is 25.9 Å². The Hall–Kier alpha value is -1.36. The second-order valence-electron chi connectivity index (χ2n) is 5.25. The van der Waals surface area contributed by atoms with E-state index in [-0.39, 0.29) is 16.7 Å². The van der Waals surface area contributed by atoms with Crippen molar-refractivity contribution in [2.24, 2.45) is 0 Å². The molecule has 0 saturated heterocycles. The van der Waals surface area contributed by atoms with E-state index in [0.717, 1.165) is 0 Å². The van der Waals surface area contributed by atoms with Crippen LogP contribution < -0.4 is 0 Å². The largest absolute Gasteiger partial charge is 0.232 e. The van der Waals surface area contributed by atoms with Crippen molar-refractivity contribution in [3.8, 4) is 11.3 Å². The van der Waals surface area contributed by atoms with Gasteiger partial charge >= 0.3 is 0 Å². The van der Waals surface area contributed by atoms with Crippen LogP contribution in [0.1, 0.15) is 26.6 Å². The van der Waals surface area contributed by atoms with Crippen LogP contribution in [0, 0.1) is 11.6 Å². The fraction of sp³-hybridized carbons (Fsp3) is 0.286. The van der Waals surface area contributed by atoms with Gasteiger partial charge in [0.1, 0.15) is 22.1 Å². The van der Waals surface area contributed by atoms with Gasteiger partial charge in [0.05, 0.1) is 11.3 Å². The molecule has 0 N–H and O–H groups in total. The topological polar surface area (TPSA) is 25.8 Å². The van der Waals surface area contributed by atoms with E-state index in [1.54, 1.807) is 0 Å². The maximum absolute atomic E-state index is 13.8. The number of hydrogen-bond acceptors (Lipinski definition) is 2. The fourth-order valence-corrected chi connectivity index (χ4v) is 2.01. The molecule has 1 heterocycles. The average Bonchev–Trinajstić information content (AvgIpc) is 2.26. The van der Waals surface area contributed by atoms with Gasteiger partial charge in [-0.25, -0.2) is 18.7 Å². The average molecular weight is 327 g/mol. The first-order chi connectivity index (χ1) is 8.79. The number of halogens is 3. The van der Waals surface area contributed by atoms with Gasteiger partial charge in [-0.05, 0) is 34.1 Å². The molecule has 1 aromatic heterocycles. The van der Waals surface area contributed by atoms with Crippen LogP contribution in [0.4, 0.5) is 8.78 Å². The van der Waals surface area contributed by atoms with Crippen LogP contribution in [0.15, 0.2) is 28.9 Å². The van der Waals surface area contributed by atoms with Crippen LogP contribution in [-0.2, 0) is 5.41 Å². The molecule has 0 aliphatic heterocycles. The summed E-state index contributed by atoms with van der Waals surface area (Å²) in [6.07, 6.45) is 0. The molecule has 0 bridgehead atoms. The van der Waals surface area contributed by atoms with Gasteiger partial charge in [0.25, 0.3) is 0 Å². The summed E-state index contributed by atoms with van der Waals surface area (Å²) in [7, 11) is 0. The molecular formula is C14H13BrF2N2. The third-order valence-electron chi connectivity index (χ3n) is 2.58. The molecule has 0 amide bonds. The van der Waals surface area contributed by atoms with Crippen molar-refractivity contribution >= 4 is 15.9 Å². The van der Waals surface area contributed by atoms with Crippen LogP contribution in [0.2, 0.25) is 0 Å². The summed E-state index contributed by atoms with van der Waals surface area (Å²) < 4.78 is 28.1. The maximum Gasteiger partial charge on any atom is 0.135 e. The lowest BCUT2D eigenvalue weighted by molar-refractivity contribution is 0.542. The van der Waals surface area contributed by atoms with Crippen molar-refractivity contribution in [2.45, 2.75) is 26.2 Å². The van der Waals surface area contributed by atoms with Crippen molar-refractivity contribution < 1.29 is 8.78 Å². The molecule has 0 atom stereocenters. The van der Waals surface area contributed by atoms with E-state index in [0.29, 0.717) is 10.4 Å². The van der Waals surface area contributed by atoms with Gasteiger partial charge in [-0.15, -0.1) is 0 Å². The lowest BCUT2D eigenvalue weighted by Crippen LogP contribution is -2.16. The number of aromatic nitrogens is 2. The molecule has 19 heavy (non-hydrogen) atoms. The molecule has 0 spiro atoms. The highest BCUT2D eigenvalue weighted by Crippen LogP contribution is 2.28. The summed E-state index contributed by atoms with van der Waals surface area (Å²) in [5, 5.41) is 0. The zero-order chi connectivity index (χ0) is 14.2. The van der Waals surface area contributed by atoms with Gasteiger partial charge in [-0.1, -0.05) is 26.8 Å². The molecule has 2 nitrogen and oxygen atoms in total. The molecule has 1 aromatic carbocycles. The summed E-state index contributed by atoms with van der Waals surface area (Å²) in [5.41, 5.74) is -0.196. The van der Waals surface area contributed by atoms with Gasteiger partial charge in [0.15, 0.2) is 0 Å². The third-order valence-corrected chi connectivity index (χ3v) is 2.99. The Balaban J connectivity index is 2.67. The Labute approximate surface area is 119 Å². The van der Waals surface area contributed by atoms with Crippen molar-refractivity contribution in [2.75, 3.05) is 0 Å². The van der Waals surface area contributed by atoms with Crippen molar-refractivity contribution in [3.05, 3.63) is 46.3 Å². The number of benzene rings is 1. The first-order valence-corrected chi connectivity index (χ1v) is 6.58. The molecule has 0 unspecified atom stereocenters. The lowest BCUT2D eigenvalue weighted by atomic mass is 9.95. The van der Waals surface area contributed by atoms with Gasteiger partial charge in [0.2, 0.25) is 0 Å². The highest BCUT2D eigenvalue weighted by atomic mass is 79.9. The van der Waals surface area contributed by atoms with E-state index >= 15 is 0 Å². The molecule has 100 valence electrons. The zero-order valence-corrected chi connectivity index (χ0v) is 12.4. The van der Waals surface area contributed by atoms with Gasteiger partial charge in [0, 0.05) is 5.41 Å². The van der Waals surface area contributed by atoms with Gasteiger partial charge in [-0.3, -0.25) is 0 Å². The minimum absolute atomic E-state index is 0.129. The monoisotopic (exact) mass is 326 g/mol. The summed E-state index contributed by atoms with van der Waals surface area (Å²) in [4.78, 5) is 8.53. The quantitative estimate of drug-likeness (QED) is 0.722. The van der Waals surface area contributed by atoms with Crippen LogP contribution in [0.3, 0.4) is 0 Å². The van der Waals surface area contributed by atoms with Crippen molar-refractivity contribution in [3.63, 3.8) is 0 Å². The molecule has 0 aliphatic carbocycles. The van der Waals surface area contributed by atoms with E-state index in [1.165, 1.54) is 24.3 Å². The first-order valence-electron chi connectivity index (χ1n) is 5.78. The first kappa shape index (κ1) is 14.1. The molecule has 0 saturated carbocycles. The van der Waals surface area contributed by atoms with Gasteiger partial charge in [-0.2, -0.15) is 0 Å². The Morgan fingerprint density at radius 3 is 2.16 bits per heavy atom. The predicted octanol–water partition coefficient (Wildman–Crippen LogP) is 4.48. The molecule has 0 fully saturated rings. The van der Waals surface area contributed by atoms with Crippen molar-refractivity contribution in [1.82, 2.24) is 9.97 Å². The van der Waals surface area contributed by atoms with Crippen LogP contribution in [-0.4, -0.2) is 9.97 Å². The van der Waals surface area contributed by atoms with Crippen LogP contribution >= 0.6 is 15.9 Å². The maximum atomic E-state index is 13.8. The minimum atomic E-state index is -0.634. The van der Waals surface area contributed by atoms with Gasteiger partial charge < -0.3 is 0 Å². The second kappa shape index (κ2) is 4.96. The summed E-state index contributed by atoms with van der Waals surface area (Å²) in [6, 6.07) is 5.27. The van der Waals surface area contributed by atoms with Crippen LogP contribution in [0.5, 0.6) is 0 Å². The molecule has 0 aliphatic rings. The Morgan fingerprint density at radius 1 is 1.05 bits per heavy atom. The Morgan fingerprint density at radius 2 is 1.63 bits per heavy atom. The molecule has 0 radical (unpaired) electrons. The normalized spacial score (nSPS) is 11.7. The fourth-order valence-electron chi connectivity index (χ4n) is 1.62. The SMILES string of the molecule is CC(C)(C)c1nc(Br)cc(-c2c(F)cccc2F)n1. The molecule has 2 aromatic rings. The molecule has 2 rings (SSSR count). The number of nitrogens with zero attached hydrogens (tertiary/aromatic N) is 2. The smallest absolute Gasteiger partial charge is 0.135 e. The predicted molar refractivity (Wildman–Crippen MR) is 73.8 cm³/mol. The van der Waals surface area contributed by atoms with E-state index < -0.39 is 11.6 Å². The summed E-state index contributed by atoms with van der Waals surface area (Å²) in [6.45, 7) is 5.82. The van der Waals surface area contributed by atoms with E-state index in [4.69, 9.17) is 0 Å².